The second-order valence-corrected chi connectivity index (χ2v) is 37.3. The first-order valence-corrected chi connectivity index (χ1v) is 46.5. The van der Waals surface area contributed by atoms with Crippen LogP contribution in [0, 0.1) is 42.8 Å². The second kappa shape index (κ2) is 54.0. The van der Waals surface area contributed by atoms with Crippen LogP contribution in [0.2, 0.25) is 0 Å². The van der Waals surface area contributed by atoms with Gasteiger partial charge in [0.25, 0.3) is 53.2 Å². The summed E-state index contributed by atoms with van der Waals surface area (Å²) in [5, 5.41) is 190. The van der Waals surface area contributed by atoms with E-state index in [0.717, 1.165) is 23.6 Å². The quantitative estimate of drug-likeness (QED) is 0.0193. The van der Waals surface area contributed by atoms with Crippen LogP contribution < -0.4 is 63.0 Å². The van der Waals surface area contributed by atoms with Crippen LogP contribution in [0.1, 0.15) is 96.7 Å². The average molecular weight is 3010 g/mol. The molecule has 53 heteroatoms. The minimum Gasteiger partial charge on any atom is -0.394 e. The number of anilines is 4. The summed E-state index contributed by atoms with van der Waals surface area (Å²) in [7, 11) is 0. The van der Waals surface area contributed by atoms with Crippen LogP contribution in [0.5, 0.6) is 0 Å². The third-order valence-electron chi connectivity index (χ3n) is 15.5. The molecule has 0 saturated carbocycles. The highest BCUT2D eigenvalue weighted by atomic mass is 127. The largest absolute Gasteiger partial charge is 0.394 e. The molecule has 0 aliphatic heterocycles. The second-order valence-electron chi connectivity index (χ2n) is 24.4. The number of benzene rings is 4. The van der Waals surface area contributed by atoms with Crippen molar-refractivity contribution in [1.29, 1.82) is 0 Å². The maximum absolute atomic E-state index is 13.9. The molecule has 0 spiro atoms. The summed E-state index contributed by atoms with van der Waals surface area (Å²) >= 11 is 21.1. The Morgan fingerprint density at radius 2 is 0.458 bits per heavy atom. The summed E-state index contributed by atoms with van der Waals surface area (Å²) in [6.07, 6.45) is -12.8. The Bertz CT molecular complexity index is 4270. The van der Waals surface area contributed by atoms with Crippen LogP contribution >= 0.6 is 271 Å². The van der Waals surface area contributed by atoms with Gasteiger partial charge in [-0.15, -0.1) is 0 Å². The highest BCUT2D eigenvalue weighted by Gasteiger charge is 2.38. The number of nitrogens with zero attached hydrogens (tertiary/aromatic N) is 2. The van der Waals surface area contributed by atoms with Gasteiger partial charge in [0.15, 0.2) is 6.10 Å². The number of amides is 12. The molecule has 118 heavy (non-hydrogen) atoms. The van der Waals surface area contributed by atoms with E-state index in [9.17, 15) is 139 Å². The zero-order chi connectivity index (χ0) is 89.9. The molecule has 0 bridgehead atoms. The van der Waals surface area contributed by atoms with Crippen molar-refractivity contribution in [1.82, 2.24) is 42.5 Å². The lowest BCUT2D eigenvalue weighted by Gasteiger charge is -2.29. The van der Waals surface area contributed by atoms with Crippen molar-refractivity contribution in [3.8, 4) is 0 Å². The van der Waals surface area contributed by atoms with Crippen molar-refractivity contribution in [2.45, 2.75) is 68.8 Å². The van der Waals surface area contributed by atoms with Crippen LogP contribution in [0.15, 0.2) is 0 Å². The predicted octanol–water partition coefficient (Wildman–Crippen LogP) is -3.36. The van der Waals surface area contributed by atoms with Crippen LogP contribution in [0.3, 0.4) is 0 Å². The van der Waals surface area contributed by atoms with Gasteiger partial charge in [-0.2, -0.15) is 0 Å². The normalized spacial score (nSPS) is 13.4. The molecule has 12 amide bonds. The number of hydrogen-bond acceptors (Lipinski definition) is 29. The van der Waals surface area contributed by atoms with Gasteiger partial charge in [-0.3, -0.25) is 57.5 Å². The van der Waals surface area contributed by atoms with Crippen LogP contribution in [-0.2, 0) is 19.2 Å². The highest BCUT2D eigenvalue weighted by Crippen LogP contribution is 2.42. The summed E-state index contributed by atoms with van der Waals surface area (Å²) in [4.78, 5) is 162. The molecule has 4 aromatic carbocycles. The Morgan fingerprint density at radius 1 is 0.271 bits per heavy atom. The Morgan fingerprint density at radius 3 is 0.636 bits per heavy atom. The number of nitrogens with one attached hydrogen (secondary N) is 10. The smallest absolute Gasteiger partial charge is 0.255 e. The molecule has 656 valence electrons. The fourth-order valence-corrected chi connectivity index (χ4v) is 27.8. The van der Waals surface area contributed by atoms with Crippen molar-refractivity contribution in [2.24, 2.45) is 0 Å². The van der Waals surface area contributed by atoms with E-state index in [0.29, 0.717) is 0 Å². The number of hydrogen-bond donors (Lipinski definition) is 27. The lowest BCUT2D eigenvalue weighted by molar-refractivity contribution is -0.125. The van der Waals surface area contributed by atoms with Gasteiger partial charge in [-0.1, -0.05) is 0 Å². The molecule has 4 aromatic rings. The molecule has 0 aliphatic carbocycles. The first-order valence-electron chi connectivity index (χ1n) is 33.5. The standard InChI is InChI=1S/C33H40I6N6O15.C32H38I6N6O14/c1-11(50)45(28-25(38)19(32(59)42-4-14(53)8-47)22(35)20(26(28)39)33(60)43-5-15(54)9-48)6-12(51)2-40-30(57)17-21(34)18(31(58)41-3-13(52)7-46)24(37)27(23(17)36)44-29(56)16(55)10-49;1-11(49)44(28-25(37)19(31(57)41-4-14(52)8-46)22(34)20(26(28)38)32(58)42-5-15(53)9-47)6-12(50)2-39-29(55)17-21(33)18(30(56)40-3-13(51)7-45)24(36)27(23(17)35)43-16(54)10-48/h12-16,46-49,51-55H,2-10H2,1H3,(H,40,57)(H,41,58)(H,42,59)(H,43,60)(H,44,56);12-15,45-48,50-53H,2-10H2,1H3,(H,39,55)(H,40,56)(H,41,57)(H,42,58)(H,43,54). The zero-order valence-corrected chi connectivity index (χ0v) is 86.7. The van der Waals surface area contributed by atoms with Crippen LogP contribution in [0.25, 0.3) is 0 Å². The number of carbonyl (C=O) groups is 12. The Labute approximate surface area is 834 Å². The van der Waals surface area contributed by atoms with Crippen molar-refractivity contribution in [3.63, 3.8) is 0 Å². The minimum atomic E-state index is -1.86. The van der Waals surface area contributed by atoms with E-state index < -0.39 is 205 Å². The van der Waals surface area contributed by atoms with Crippen LogP contribution in [-0.4, -0.2) is 331 Å². The number of rotatable bonds is 41. The molecule has 9 unspecified atom stereocenters. The molecule has 27 N–H and O–H groups in total. The maximum Gasteiger partial charge on any atom is 0.255 e. The topological polar surface area (TPSA) is 676 Å². The lowest BCUT2D eigenvalue weighted by atomic mass is 10.1. The number of aliphatic hydroxyl groups excluding tert-OH is 17. The molecule has 0 saturated heterocycles. The monoisotopic (exact) mass is 3010 g/mol. The number of aliphatic hydroxyl groups is 17. The average Bonchev–Trinajstić information content (AvgIpc) is 0.810. The van der Waals surface area contributed by atoms with Crippen molar-refractivity contribution in [2.75, 3.05) is 139 Å². The molecule has 0 fully saturated rings. The van der Waals surface area contributed by atoms with Crippen LogP contribution in [0.4, 0.5) is 22.7 Å². The summed E-state index contributed by atoms with van der Waals surface area (Å²) in [6.45, 7) is -7.78. The van der Waals surface area contributed by atoms with E-state index in [4.69, 9.17) is 5.11 Å². The molecule has 0 radical (unpaired) electrons. The van der Waals surface area contributed by atoms with Gasteiger partial charge in [-0.05, 0) is 271 Å². The molecule has 0 heterocycles. The third-order valence-corrected chi connectivity index (χ3v) is 28.3. The first-order chi connectivity index (χ1) is 55.3. The van der Waals surface area contributed by atoms with E-state index in [1.54, 1.807) is 271 Å². The third kappa shape index (κ3) is 30.9. The molecule has 0 aromatic heterocycles. The van der Waals surface area contributed by atoms with E-state index in [-0.39, 0.29) is 149 Å². The SMILES string of the molecule is CC(=O)N(CC(O)CNC(=O)c1c(I)c(NC(=O)C(O)CO)c(I)c(C(=O)NCC(O)CO)c1I)c1c(I)c(C(=O)NCC(O)CO)c(I)c(C(=O)NCC(O)CO)c1I.CC(=O)N(CC(O)CNC(=O)c1c(I)c(NC(=O)CO)c(I)c(C(=O)NCC(O)CO)c1I)c1c(I)c(C(=O)NCC(O)CO)c(I)c(C(=O)NCC(O)CO)c1I. The van der Waals surface area contributed by atoms with Gasteiger partial charge >= 0.3 is 0 Å². The molecule has 9 atom stereocenters. The first kappa shape index (κ1) is 111. The Hall–Kier alpha value is -1.40. The van der Waals surface area contributed by atoms with Crippen molar-refractivity contribution < 1.29 is 144 Å². The highest BCUT2D eigenvalue weighted by molar-refractivity contribution is 14.1. The maximum atomic E-state index is 13.9. The molecular formula is C65H78I12N12O29. The van der Waals surface area contributed by atoms with Crippen molar-refractivity contribution in [3.05, 3.63) is 87.3 Å². The van der Waals surface area contributed by atoms with Gasteiger partial charge in [0.05, 0.1) is 204 Å². The summed E-state index contributed by atoms with van der Waals surface area (Å²) in [5.74, 6) is -9.67. The molecule has 0 aliphatic rings. The molecule has 41 nitrogen and oxygen atoms in total. The fraction of sp³-hybridized carbons (Fsp3) is 0.446. The van der Waals surface area contributed by atoms with Gasteiger partial charge in [0, 0.05) is 80.5 Å². The Kier molecular flexibility index (Phi) is 50.7. The van der Waals surface area contributed by atoms with Gasteiger partial charge < -0.3 is 150 Å². The summed E-state index contributed by atoms with van der Waals surface area (Å²) < 4.78 is 1.52. The van der Waals surface area contributed by atoms with Gasteiger partial charge in [0.1, 0.15) is 6.61 Å². The zero-order valence-electron chi connectivity index (χ0n) is 60.9. The predicted molar refractivity (Wildman–Crippen MR) is 521 cm³/mol. The fourth-order valence-electron chi connectivity index (χ4n) is 9.47. The Balaban J connectivity index is 0.000000611. The van der Waals surface area contributed by atoms with E-state index in [2.05, 4.69) is 53.2 Å². The number of carbonyl (C=O) groups excluding carboxylic acids is 12. The summed E-state index contributed by atoms with van der Waals surface area (Å²) in [5.41, 5.74) is -0.945. The minimum absolute atomic E-state index is 0.00404. The van der Waals surface area contributed by atoms with E-state index >= 15 is 0 Å². The van der Waals surface area contributed by atoms with Gasteiger partial charge in [-0.25, -0.2) is 0 Å². The molecule has 4 rings (SSSR count). The van der Waals surface area contributed by atoms with E-state index in [1.165, 1.54) is 0 Å². The number of halogens is 12. The van der Waals surface area contributed by atoms with Gasteiger partial charge in [0.2, 0.25) is 17.7 Å². The van der Waals surface area contributed by atoms with E-state index in [1.807, 2.05) is 0 Å². The lowest BCUT2D eigenvalue weighted by Crippen LogP contribution is -2.44. The molecular weight excluding hydrogens is 2940 g/mol. The summed E-state index contributed by atoms with van der Waals surface area (Å²) in [6, 6.07) is 0. The van der Waals surface area contributed by atoms with Crippen molar-refractivity contribution >= 4 is 365 Å².